The van der Waals surface area contributed by atoms with E-state index in [1.807, 2.05) is 48.7 Å². The molecule has 0 N–H and O–H groups in total. The third-order valence-corrected chi connectivity index (χ3v) is 2.97. The Balaban J connectivity index is 2.11. The van der Waals surface area contributed by atoms with Crippen LogP contribution in [0.5, 0.6) is 0 Å². The fourth-order valence-electron chi connectivity index (χ4n) is 2.13. The highest BCUT2D eigenvalue weighted by Gasteiger charge is 2.07. The summed E-state index contributed by atoms with van der Waals surface area (Å²) >= 11 is 0. The van der Waals surface area contributed by atoms with E-state index >= 15 is 0 Å². The van der Waals surface area contributed by atoms with E-state index < -0.39 is 0 Å². The fraction of sp³-hybridized carbons (Fsp3) is 0.0667. The third-order valence-electron chi connectivity index (χ3n) is 2.97. The Bertz CT molecular complexity index is 720. The summed E-state index contributed by atoms with van der Waals surface area (Å²) in [7, 11) is 0. The maximum Gasteiger partial charge on any atom is 0.101 e. The molecule has 3 rings (SSSR count). The highest BCUT2D eigenvalue weighted by atomic mass is 15.0. The second-order valence-corrected chi connectivity index (χ2v) is 4.12. The maximum absolute atomic E-state index is 9.14. The van der Waals surface area contributed by atoms with Crippen LogP contribution in [0.4, 0.5) is 0 Å². The Kier molecular flexibility index (Phi) is 2.54. The van der Waals surface area contributed by atoms with Crippen LogP contribution in [-0.4, -0.2) is 9.55 Å². The first-order valence-corrected chi connectivity index (χ1v) is 5.76. The smallest absolute Gasteiger partial charge is 0.101 e. The van der Waals surface area contributed by atoms with Crippen LogP contribution in [0.1, 0.15) is 11.3 Å². The van der Waals surface area contributed by atoms with E-state index in [9.17, 15) is 0 Å². The summed E-state index contributed by atoms with van der Waals surface area (Å²) in [5, 5.41) is 10.1. The summed E-state index contributed by atoms with van der Waals surface area (Å²) in [6, 6.07) is 16.0. The van der Waals surface area contributed by atoms with E-state index in [2.05, 4.69) is 15.6 Å². The minimum atomic E-state index is 0.684. The molecule has 86 valence electrons. The van der Waals surface area contributed by atoms with Crippen molar-refractivity contribution in [1.29, 1.82) is 5.26 Å². The van der Waals surface area contributed by atoms with Gasteiger partial charge in [0.2, 0.25) is 0 Å². The number of nitrogens with zero attached hydrogens (tertiary/aromatic N) is 3. The molecule has 2 heterocycles. The standard InChI is InChI=1S/C15H11N3/c16-9-12-10-18(11-13-5-3-4-8-17-13)15-7-2-1-6-14(12)15/h1-8,10H,11H2. The summed E-state index contributed by atoms with van der Waals surface area (Å²) in [6.07, 6.45) is 3.67. The Morgan fingerprint density at radius 3 is 2.72 bits per heavy atom. The van der Waals surface area contributed by atoms with Crippen LogP contribution in [0, 0.1) is 11.3 Å². The second-order valence-electron chi connectivity index (χ2n) is 4.12. The number of hydrogen-bond acceptors (Lipinski definition) is 2. The average Bonchev–Trinajstić information content (AvgIpc) is 2.78. The van der Waals surface area contributed by atoms with Gasteiger partial charge in [0, 0.05) is 23.3 Å². The van der Waals surface area contributed by atoms with Crippen molar-refractivity contribution in [2.75, 3.05) is 0 Å². The zero-order chi connectivity index (χ0) is 12.4. The average molecular weight is 233 g/mol. The van der Waals surface area contributed by atoms with Crippen molar-refractivity contribution in [1.82, 2.24) is 9.55 Å². The van der Waals surface area contributed by atoms with Crippen LogP contribution in [0.15, 0.2) is 54.9 Å². The van der Waals surface area contributed by atoms with Gasteiger partial charge in [0.25, 0.3) is 0 Å². The van der Waals surface area contributed by atoms with Crippen molar-refractivity contribution in [3.05, 3.63) is 66.1 Å². The van der Waals surface area contributed by atoms with Gasteiger partial charge in [-0.1, -0.05) is 24.3 Å². The number of nitriles is 1. The van der Waals surface area contributed by atoms with Crippen LogP contribution in [0.25, 0.3) is 10.9 Å². The second kappa shape index (κ2) is 4.34. The topological polar surface area (TPSA) is 41.6 Å². The molecular weight excluding hydrogens is 222 g/mol. The fourth-order valence-corrected chi connectivity index (χ4v) is 2.13. The molecule has 0 radical (unpaired) electrons. The molecular formula is C15H11N3. The monoisotopic (exact) mass is 233 g/mol. The van der Waals surface area contributed by atoms with Gasteiger partial charge in [-0.15, -0.1) is 0 Å². The van der Waals surface area contributed by atoms with Crippen molar-refractivity contribution >= 4 is 10.9 Å². The normalized spacial score (nSPS) is 10.4. The summed E-state index contributed by atoms with van der Waals surface area (Å²) in [5.74, 6) is 0. The first kappa shape index (κ1) is 10.5. The number of hydrogen-bond donors (Lipinski definition) is 0. The minimum absolute atomic E-state index is 0.684. The predicted octanol–water partition coefficient (Wildman–Crippen LogP) is 2.96. The number of fused-ring (bicyclic) bond motifs is 1. The molecule has 1 aromatic carbocycles. The maximum atomic E-state index is 9.14. The van der Waals surface area contributed by atoms with Gasteiger partial charge in [-0.3, -0.25) is 4.98 Å². The van der Waals surface area contributed by atoms with Crippen LogP contribution in [-0.2, 0) is 6.54 Å². The lowest BCUT2D eigenvalue weighted by molar-refractivity contribution is 0.807. The molecule has 0 aliphatic rings. The lowest BCUT2D eigenvalue weighted by Gasteiger charge is -2.04. The largest absolute Gasteiger partial charge is 0.340 e. The summed E-state index contributed by atoms with van der Waals surface area (Å²) in [4.78, 5) is 4.31. The van der Waals surface area contributed by atoms with Crippen molar-refractivity contribution in [3.8, 4) is 6.07 Å². The lowest BCUT2D eigenvalue weighted by Crippen LogP contribution is -1.99. The molecule has 3 heteroatoms. The number of pyridine rings is 1. The van der Waals surface area contributed by atoms with E-state index in [0.717, 1.165) is 16.6 Å². The highest BCUT2D eigenvalue weighted by molar-refractivity contribution is 5.86. The Labute approximate surface area is 105 Å². The summed E-state index contributed by atoms with van der Waals surface area (Å²) in [6.45, 7) is 0.684. The number of benzene rings is 1. The van der Waals surface area contributed by atoms with E-state index in [1.165, 1.54) is 0 Å². The molecule has 0 fully saturated rings. The van der Waals surface area contributed by atoms with Gasteiger partial charge in [-0.25, -0.2) is 0 Å². The Morgan fingerprint density at radius 2 is 1.94 bits per heavy atom. The van der Waals surface area contributed by atoms with Crippen molar-refractivity contribution in [2.45, 2.75) is 6.54 Å². The molecule has 0 saturated heterocycles. The lowest BCUT2D eigenvalue weighted by atomic mass is 10.2. The number of aromatic nitrogens is 2. The molecule has 0 bridgehead atoms. The zero-order valence-corrected chi connectivity index (χ0v) is 9.74. The van der Waals surface area contributed by atoms with Crippen LogP contribution in [0.2, 0.25) is 0 Å². The zero-order valence-electron chi connectivity index (χ0n) is 9.74. The van der Waals surface area contributed by atoms with E-state index in [1.54, 1.807) is 6.20 Å². The molecule has 0 aliphatic heterocycles. The van der Waals surface area contributed by atoms with Gasteiger partial charge in [0.15, 0.2) is 0 Å². The van der Waals surface area contributed by atoms with Gasteiger partial charge < -0.3 is 4.57 Å². The summed E-state index contributed by atoms with van der Waals surface area (Å²) < 4.78 is 2.07. The molecule has 0 atom stereocenters. The van der Waals surface area contributed by atoms with Crippen LogP contribution in [0.3, 0.4) is 0 Å². The van der Waals surface area contributed by atoms with Crippen molar-refractivity contribution < 1.29 is 0 Å². The molecule has 0 saturated carbocycles. The van der Waals surface area contributed by atoms with Crippen molar-refractivity contribution in [3.63, 3.8) is 0 Å². The SMILES string of the molecule is N#Cc1cn(Cc2ccccn2)c2ccccc12. The van der Waals surface area contributed by atoms with E-state index in [-0.39, 0.29) is 0 Å². The van der Waals surface area contributed by atoms with Crippen LogP contribution >= 0.6 is 0 Å². The molecule has 18 heavy (non-hydrogen) atoms. The van der Waals surface area contributed by atoms with E-state index in [0.29, 0.717) is 12.1 Å². The first-order valence-electron chi connectivity index (χ1n) is 5.76. The molecule has 0 spiro atoms. The molecule has 0 aliphatic carbocycles. The third kappa shape index (κ3) is 1.74. The van der Waals surface area contributed by atoms with Crippen molar-refractivity contribution in [2.24, 2.45) is 0 Å². The molecule has 3 aromatic rings. The van der Waals surface area contributed by atoms with Crippen LogP contribution < -0.4 is 0 Å². The van der Waals surface area contributed by atoms with Gasteiger partial charge >= 0.3 is 0 Å². The molecule has 0 amide bonds. The predicted molar refractivity (Wildman–Crippen MR) is 70.0 cm³/mol. The molecule has 3 nitrogen and oxygen atoms in total. The van der Waals surface area contributed by atoms with E-state index in [4.69, 9.17) is 5.26 Å². The summed E-state index contributed by atoms with van der Waals surface area (Å²) in [5.41, 5.74) is 2.77. The van der Waals surface area contributed by atoms with Gasteiger partial charge in [-0.05, 0) is 18.2 Å². The number of para-hydroxylation sites is 1. The molecule has 2 aromatic heterocycles. The van der Waals surface area contributed by atoms with Gasteiger partial charge in [-0.2, -0.15) is 5.26 Å². The minimum Gasteiger partial charge on any atom is -0.340 e. The first-order chi connectivity index (χ1) is 8.88. The Hall–Kier alpha value is -2.60. The molecule has 0 unspecified atom stereocenters. The quantitative estimate of drug-likeness (QED) is 0.682. The van der Waals surface area contributed by atoms with Gasteiger partial charge in [0.1, 0.15) is 6.07 Å². The van der Waals surface area contributed by atoms with Gasteiger partial charge in [0.05, 0.1) is 17.8 Å². The number of rotatable bonds is 2. The highest BCUT2D eigenvalue weighted by Crippen LogP contribution is 2.21. The Morgan fingerprint density at radius 1 is 1.11 bits per heavy atom.